The van der Waals surface area contributed by atoms with Gasteiger partial charge in [-0.05, 0) is 236 Å². The molecular weight excluding hydrogens is 1680 g/mol. The van der Waals surface area contributed by atoms with E-state index in [4.69, 9.17) is 76.0 Å². The molecule has 4 aromatic carbocycles. The number of rotatable bonds is 16. The maximum absolute atomic E-state index is 14.5. The molecule has 7 fully saturated rings. The predicted molar refractivity (Wildman–Crippen MR) is 503 cm³/mol. The van der Waals surface area contributed by atoms with Crippen molar-refractivity contribution in [2.75, 3.05) is 135 Å². The van der Waals surface area contributed by atoms with Crippen molar-refractivity contribution >= 4 is 46.0 Å². The van der Waals surface area contributed by atoms with Crippen LogP contribution in [0.2, 0.25) is 0 Å². The molecule has 1 unspecified atom stereocenters. The Bertz CT molecular complexity index is 6080. The lowest BCUT2D eigenvalue weighted by atomic mass is 9.60. The SMILES string of the molecule is CNc1cc(F)cc2c1Cc1nc(Oc3ccc(C)nc3)nc(N3CC4(CCCNC4)C3)c1-2.CNc1cc(F)cc2c1Cc1nc(Oc3ccc(C)nc3)nc(N3CCC(N)C(C)(C)C3)c1-2.CNc1cc(F)cc2c1Cc1nc(Oc3ccc(C)nc3)nc(N3C[C@@H]4[C@H](N)C[C@]4(C)C3)c1-2.CNc1cc(F)cc2c1Cc1nc(Oc3ccc(C)nc3)nc(N3C[C@H]4[C@@H](N)C[C@@]4(C)C3)c1-2. The third-order valence-electron chi connectivity index (χ3n) is 28.8. The Hall–Kier alpha value is -13.0. The minimum absolute atomic E-state index is 0.0858. The molecule has 7 atom stereocenters. The van der Waals surface area contributed by atoms with E-state index in [1.165, 1.54) is 31.0 Å². The monoisotopic (exact) mass is 1790 g/mol. The van der Waals surface area contributed by atoms with Crippen LogP contribution in [0.3, 0.4) is 0 Å². The van der Waals surface area contributed by atoms with Gasteiger partial charge in [0.15, 0.2) is 0 Å². The number of nitrogens with zero attached hydrogens (tertiary/aromatic N) is 16. The van der Waals surface area contributed by atoms with Crippen molar-refractivity contribution in [1.82, 2.24) is 65.1 Å². The normalized spacial score (nSPS) is 21.5. The first kappa shape index (κ1) is 87.0. The second-order valence-corrected chi connectivity index (χ2v) is 38.6. The summed E-state index contributed by atoms with van der Waals surface area (Å²) in [6, 6.07) is 29.2. The zero-order valence-electron chi connectivity index (χ0n) is 76.4. The molecule has 23 rings (SSSR count). The zero-order chi connectivity index (χ0) is 91.7. The average molecular weight is 1790 g/mol. The highest BCUT2D eigenvalue weighted by Crippen LogP contribution is 2.58. The summed E-state index contributed by atoms with van der Waals surface area (Å²) in [6.07, 6.45) is 14.3. The van der Waals surface area contributed by atoms with Gasteiger partial charge in [0, 0.05) is 204 Å². The minimum Gasteiger partial charge on any atom is -0.423 e. The Balaban J connectivity index is 0.000000110. The van der Waals surface area contributed by atoms with Crippen LogP contribution >= 0.6 is 0 Å². The Labute approximate surface area is 764 Å². The number of aromatic nitrogens is 12. The number of piperidine rings is 2. The van der Waals surface area contributed by atoms with E-state index in [2.05, 4.69) is 93.8 Å². The second kappa shape index (κ2) is 34.0. The number of hydrogen-bond donors (Lipinski definition) is 8. The number of fused-ring (bicyclic) bond motifs is 14. The average Bonchev–Trinajstić information content (AvgIpc) is 1.56. The molecule has 8 aromatic heterocycles. The quantitative estimate of drug-likeness (QED) is 0.0417. The molecule has 11 N–H and O–H groups in total. The molecule has 2 saturated carbocycles. The van der Waals surface area contributed by atoms with Gasteiger partial charge in [-0.15, -0.1) is 0 Å². The third kappa shape index (κ3) is 16.3. The van der Waals surface area contributed by atoms with Gasteiger partial charge in [-0.2, -0.15) is 39.9 Å². The fraction of sp³-hybridized carbons (Fsp3) is 0.400. The Morgan fingerprint density at radius 3 is 0.992 bits per heavy atom. The van der Waals surface area contributed by atoms with E-state index in [-0.39, 0.29) is 81.1 Å². The molecule has 12 aromatic rings. The molecule has 11 aliphatic rings. The zero-order valence-corrected chi connectivity index (χ0v) is 76.4. The highest BCUT2D eigenvalue weighted by atomic mass is 19.1. The number of halogens is 4. The number of benzene rings is 4. The number of nitrogens with one attached hydrogen (secondary N) is 5. The number of pyridine rings is 4. The van der Waals surface area contributed by atoms with Crippen LogP contribution in [0.15, 0.2) is 122 Å². The van der Waals surface area contributed by atoms with Crippen molar-refractivity contribution in [3.05, 3.63) is 213 Å². The number of nitrogens with two attached hydrogens (primary N) is 3. The molecule has 682 valence electrons. The van der Waals surface area contributed by atoms with E-state index in [1.54, 1.807) is 62.2 Å². The van der Waals surface area contributed by atoms with Crippen LogP contribution in [0.25, 0.3) is 44.5 Å². The summed E-state index contributed by atoms with van der Waals surface area (Å²) in [5.74, 6) is 5.27. The van der Waals surface area contributed by atoms with Crippen LogP contribution in [-0.4, -0.2) is 172 Å². The van der Waals surface area contributed by atoms with Crippen LogP contribution in [0, 0.1) is 84.5 Å². The van der Waals surface area contributed by atoms with Gasteiger partial charge >= 0.3 is 24.0 Å². The summed E-state index contributed by atoms with van der Waals surface area (Å²) < 4.78 is 82.1. The molecule has 5 saturated heterocycles. The predicted octanol–water partition coefficient (Wildman–Crippen LogP) is 16.0. The van der Waals surface area contributed by atoms with Crippen molar-refractivity contribution < 1.29 is 36.5 Å². The van der Waals surface area contributed by atoms with Crippen molar-refractivity contribution in [2.45, 2.75) is 131 Å². The summed E-state index contributed by atoms with van der Waals surface area (Å²) in [7, 11) is 7.24. The fourth-order valence-electron chi connectivity index (χ4n) is 21.9. The minimum atomic E-state index is -0.288. The number of aryl methyl sites for hydroxylation is 4. The molecule has 5 aliphatic heterocycles. The van der Waals surface area contributed by atoms with Crippen molar-refractivity contribution in [3.8, 4) is 91.5 Å². The molecule has 6 aliphatic carbocycles. The fourth-order valence-corrected chi connectivity index (χ4v) is 21.9. The maximum Gasteiger partial charge on any atom is 0.324 e. The van der Waals surface area contributed by atoms with Crippen molar-refractivity contribution in [1.29, 1.82) is 0 Å². The van der Waals surface area contributed by atoms with E-state index in [9.17, 15) is 17.6 Å². The molecule has 0 amide bonds. The number of anilines is 8. The molecule has 132 heavy (non-hydrogen) atoms. The molecule has 28 nitrogen and oxygen atoms in total. The highest BCUT2D eigenvalue weighted by molar-refractivity contribution is 5.92. The summed E-state index contributed by atoms with van der Waals surface area (Å²) in [6.45, 7) is 25.5. The summed E-state index contributed by atoms with van der Waals surface area (Å²) in [4.78, 5) is 64.7. The van der Waals surface area contributed by atoms with Crippen molar-refractivity contribution in [3.63, 3.8) is 0 Å². The molecule has 0 bridgehead atoms. The Morgan fingerprint density at radius 2 is 0.720 bits per heavy atom. The topological polar surface area (TPSA) is 343 Å². The molecule has 13 heterocycles. The van der Waals surface area contributed by atoms with Crippen LogP contribution in [-0.2, 0) is 25.7 Å². The molecular formula is C100H110F4N24O4. The third-order valence-corrected chi connectivity index (χ3v) is 28.8. The Kier molecular flexibility index (Phi) is 22.4. The van der Waals surface area contributed by atoms with Crippen LogP contribution in [0.5, 0.6) is 47.0 Å². The smallest absolute Gasteiger partial charge is 0.324 e. The summed E-state index contributed by atoms with van der Waals surface area (Å²) in [5.41, 5.74) is 40.9. The largest absolute Gasteiger partial charge is 0.423 e. The van der Waals surface area contributed by atoms with Gasteiger partial charge in [0.05, 0.1) is 47.6 Å². The van der Waals surface area contributed by atoms with Crippen LogP contribution < -0.4 is 82.3 Å². The Morgan fingerprint density at radius 1 is 0.402 bits per heavy atom. The van der Waals surface area contributed by atoms with Gasteiger partial charge in [-0.1, -0.05) is 27.7 Å². The van der Waals surface area contributed by atoms with Gasteiger partial charge in [0.1, 0.15) is 69.5 Å². The van der Waals surface area contributed by atoms with Gasteiger partial charge in [0.25, 0.3) is 0 Å². The van der Waals surface area contributed by atoms with E-state index < -0.39 is 0 Å². The first-order valence-corrected chi connectivity index (χ1v) is 45.5. The molecule has 0 radical (unpaired) electrons. The van der Waals surface area contributed by atoms with Gasteiger partial charge in [0.2, 0.25) is 0 Å². The van der Waals surface area contributed by atoms with E-state index >= 15 is 0 Å². The molecule has 1 spiro atoms. The van der Waals surface area contributed by atoms with E-state index in [0.29, 0.717) is 66.5 Å². The summed E-state index contributed by atoms with van der Waals surface area (Å²) in [5, 5.41) is 16.1. The number of hydrogen-bond acceptors (Lipinski definition) is 28. The standard InChI is InChI=1S/3C25H27FN6O.C25H29FN6O/c2*1-13-4-5-15(10-29-13)33-24-30-21-8-16-17(6-14(26)7-20(16)28-3)22(21)23(31-24)32-11-18-19(27)9-25(18,2)12-32;1-15-4-5-17(11-29-15)33-24-30-21-10-18-19(8-16(26)9-20(18)27-2)22(21)23(31-24)32-13-25(14-32)6-3-7-28-12-25;1-14-5-6-16(12-29-14)33-24-30-20-11-17-18(9-15(26)10-19(17)28-4)22(20)23(31-24)32-8-7-21(27)25(2,3)13-32/h2*4-7,10,18-19,28H,8-9,11-12,27H2,1-3H3;4-5,8-9,11,27-28H,3,6-7,10,12-14H2,1-2H3;5-6,9-10,12,21,28H,7-8,11,13,27H2,1-4H3/t2*18-,19-,25-;;/m10../s1. The van der Waals surface area contributed by atoms with Gasteiger partial charge < -0.3 is 82.3 Å². The van der Waals surface area contributed by atoms with Crippen LogP contribution in [0.1, 0.15) is 128 Å². The lowest BCUT2D eigenvalue weighted by molar-refractivity contribution is 0.0770. The first-order chi connectivity index (χ1) is 63.5. The lowest BCUT2D eigenvalue weighted by Gasteiger charge is -2.53. The second-order valence-electron chi connectivity index (χ2n) is 38.6. The highest BCUT2D eigenvalue weighted by Gasteiger charge is 2.57. The summed E-state index contributed by atoms with van der Waals surface area (Å²) >= 11 is 0. The number of ether oxygens (including phenoxy) is 4. The first-order valence-electron chi connectivity index (χ1n) is 45.5. The lowest BCUT2D eigenvalue weighted by Crippen LogP contribution is -2.62. The van der Waals surface area contributed by atoms with Crippen LogP contribution in [0.4, 0.5) is 63.6 Å². The van der Waals surface area contributed by atoms with E-state index in [0.717, 1.165) is 243 Å². The van der Waals surface area contributed by atoms with E-state index in [1.807, 2.05) is 97.4 Å². The van der Waals surface area contributed by atoms with Gasteiger partial charge in [-0.3, -0.25) is 19.9 Å². The van der Waals surface area contributed by atoms with Crippen molar-refractivity contribution in [2.24, 2.45) is 50.7 Å². The maximum atomic E-state index is 14.5. The van der Waals surface area contributed by atoms with Gasteiger partial charge in [-0.25, -0.2) is 17.6 Å². The molecule has 32 heteroatoms.